The molecule has 108 valence electrons. The average Bonchev–Trinajstić information content (AvgIpc) is 3.18. The number of piperidine rings is 1. The Balaban J connectivity index is 1.64. The lowest BCUT2D eigenvalue weighted by molar-refractivity contribution is -0.135. The minimum absolute atomic E-state index is 0.0299. The van der Waals surface area contributed by atoms with Crippen molar-refractivity contribution in [1.29, 1.82) is 0 Å². The highest BCUT2D eigenvalue weighted by Gasteiger charge is 2.32. The minimum atomic E-state index is -0.0299. The molecule has 5 nitrogen and oxygen atoms in total. The predicted molar refractivity (Wildman–Crippen MR) is 73.1 cm³/mol. The first kappa shape index (κ1) is 13.2. The Morgan fingerprint density at radius 1 is 1.10 bits per heavy atom. The largest absolute Gasteiger partial charge is 0.472 e. The van der Waals surface area contributed by atoms with E-state index in [1.54, 1.807) is 11.0 Å². The zero-order chi connectivity index (χ0) is 13.9. The Morgan fingerprint density at radius 2 is 1.85 bits per heavy atom. The summed E-state index contributed by atoms with van der Waals surface area (Å²) in [6.07, 6.45) is 6.98. The van der Waals surface area contributed by atoms with E-state index < -0.39 is 0 Å². The van der Waals surface area contributed by atoms with Crippen LogP contribution in [0.5, 0.6) is 0 Å². The molecule has 5 heteroatoms. The Hall–Kier alpha value is -1.78. The van der Waals surface area contributed by atoms with Crippen molar-refractivity contribution >= 4 is 11.8 Å². The summed E-state index contributed by atoms with van der Waals surface area (Å²) in [4.78, 5) is 28.5. The van der Waals surface area contributed by atoms with Gasteiger partial charge in [-0.15, -0.1) is 0 Å². The van der Waals surface area contributed by atoms with Crippen molar-refractivity contribution < 1.29 is 14.0 Å². The summed E-state index contributed by atoms with van der Waals surface area (Å²) in [6, 6.07) is 1.67. The van der Waals surface area contributed by atoms with Crippen molar-refractivity contribution in [2.45, 2.75) is 25.7 Å². The molecule has 0 spiro atoms. The highest BCUT2D eigenvalue weighted by Crippen LogP contribution is 2.22. The summed E-state index contributed by atoms with van der Waals surface area (Å²) in [5.74, 6) is 0.169. The van der Waals surface area contributed by atoms with Gasteiger partial charge in [0.25, 0.3) is 5.91 Å². The molecule has 0 aliphatic carbocycles. The van der Waals surface area contributed by atoms with E-state index in [4.69, 9.17) is 4.42 Å². The molecule has 2 aliphatic heterocycles. The summed E-state index contributed by atoms with van der Waals surface area (Å²) >= 11 is 0. The van der Waals surface area contributed by atoms with Crippen LogP contribution in [-0.4, -0.2) is 47.8 Å². The van der Waals surface area contributed by atoms with Gasteiger partial charge in [0.15, 0.2) is 0 Å². The molecule has 1 atom stereocenters. The van der Waals surface area contributed by atoms with Gasteiger partial charge in [0.1, 0.15) is 6.26 Å². The molecule has 0 radical (unpaired) electrons. The molecule has 1 aromatic heterocycles. The first-order chi connectivity index (χ1) is 9.75. The molecule has 3 heterocycles. The molecular formula is C15H20N2O3. The molecular weight excluding hydrogens is 256 g/mol. The third kappa shape index (κ3) is 2.57. The van der Waals surface area contributed by atoms with Gasteiger partial charge < -0.3 is 14.2 Å². The van der Waals surface area contributed by atoms with Gasteiger partial charge in [-0.3, -0.25) is 9.59 Å². The fourth-order valence-corrected chi connectivity index (χ4v) is 3.13. The van der Waals surface area contributed by atoms with Crippen LogP contribution in [0.15, 0.2) is 23.0 Å². The van der Waals surface area contributed by atoms with Crippen LogP contribution in [0.1, 0.15) is 36.0 Å². The van der Waals surface area contributed by atoms with Crippen LogP contribution in [0.3, 0.4) is 0 Å². The van der Waals surface area contributed by atoms with Gasteiger partial charge in [-0.05, 0) is 31.7 Å². The summed E-state index contributed by atoms with van der Waals surface area (Å²) in [5.41, 5.74) is 0.569. The van der Waals surface area contributed by atoms with E-state index in [2.05, 4.69) is 0 Å². The lowest BCUT2D eigenvalue weighted by Gasteiger charge is -2.33. The maximum atomic E-state index is 12.4. The van der Waals surface area contributed by atoms with Crippen LogP contribution in [-0.2, 0) is 4.79 Å². The number of carbonyl (C=O) groups is 2. The molecule has 3 rings (SSSR count). The Kier molecular flexibility index (Phi) is 3.76. The van der Waals surface area contributed by atoms with Crippen molar-refractivity contribution in [2.75, 3.05) is 26.2 Å². The second-order valence-electron chi connectivity index (χ2n) is 5.63. The summed E-state index contributed by atoms with van der Waals surface area (Å²) in [6.45, 7) is 3.03. The van der Waals surface area contributed by atoms with E-state index >= 15 is 0 Å². The predicted octanol–water partition coefficient (Wildman–Crippen LogP) is 1.75. The summed E-state index contributed by atoms with van der Waals surface area (Å²) in [7, 11) is 0. The van der Waals surface area contributed by atoms with Crippen molar-refractivity contribution in [1.82, 2.24) is 9.80 Å². The lowest BCUT2D eigenvalue weighted by atomic mass is 9.96. The standard InChI is InChI=1S/C15H20N2O3/c18-14(16-6-1-2-7-16)12-4-3-8-17(10-12)15(19)13-5-9-20-11-13/h5,9,11-12H,1-4,6-8,10H2/t12-/m0/s1. The monoisotopic (exact) mass is 276 g/mol. The number of rotatable bonds is 2. The lowest BCUT2D eigenvalue weighted by Crippen LogP contribution is -2.46. The molecule has 2 amide bonds. The Labute approximate surface area is 118 Å². The van der Waals surface area contributed by atoms with E-state index in [1.807, 2.05) is 4.90 Å². The van der Waals surface area contributed by atoms with E-state index in [1.165, 1.54) is 12.5 Å². The van der Waals surface area contributed by atoms with Crippen molar-refractivity contribution in [3.05, 3.63) is 24.2 Å². The number of hydrogen-bond acceptors (Lipinski definition) is 3. The van der Waals surface area contributed by atoms with Crippen molar-refractivity contribution in [3.8, 4) is 0 Å². The molecule has 2 saturated heterocycles. The Bertz CT molecular complexity index is 477. The maximum Gasteiger partial charge on any atom is 0.257 e. The highest BCUT2D eigenvalue weighted by atomic mass is 16.3. The van der Waals surface area contributed by atoms with Crippen LogP contribution in [0.25, 0.3) is 0 Å². The fourth-order valence-electron chi connectivity index (χ4n) is 3.13. The van der Waals surface area contributed by atoms with Crippen molar-refractivity contribution in [2.24, 2.45) is 5.92 Å². The molecule has 0 unspecified atom stereocenters. The number of furan rings is 1. The molecule has 0 saturated carbocycles. The number of nitrogens with zero attached hydrogens (tertiary/aromatic N) is 2. The third-order valence-electron chi connectivity index (χ3n) is 4.24. The molecule has 0 N–H and O–H groups in total. The van der Waals surface area contributed by atoms with E-state index in [9.17, 15) is 9.59 Å². The number of carbonyl (C=O) groups excluding carboxylic acids is 2. The molecule has 0 aromatic carbocycles. The first-order valence-electron chi connectivity index (χ1n) is 7.36. The molecule has 2 aliphatic rings. The van der Waals surface area contributed by atoms with Crippen LogP contribution in [0.4, 0.5) is 0 Å². The Morgan fingerprint density at radius 3 is 2.55 bits per heavy atom. The maximum absolute atomic E-state index is 12.4. The molecule has 2 fully saturated rings. The summed E-state index contributed by atoms with van der Waals surface area (Å²) < 4.78 is 4.96. The van der Waals surface area contributed by atoms with E-state index in [-0.39, 0.29) is 17.7 Å². The third-order valence-corrected chi connectivity index (χ3v) is 4.24. The topological polar surface area (TPSA) is 53.8 Å². The zero-order valence-corrected chi connectivity index (χ0v) is 11.6. The van der Waals surface area contributed by atoms with Crippen LogP contribution >= 0.6 is 0 Å². The van der Waals surface area contributed by atoms with Crippen LogP contribution in [0, 0.1) is 5.92 Å². The normalized spacial score (nSPS) is 23.1. The smallest absolute Gasteiger partial charge is 0.257 e. The molecule has 1 aromatic rings. The van der Waals surface area contributed by atoms with E-state index in [0.29, 0.717) is 12.1 Å². The van der Waals surface area contributed by atoms with Gasteiger partial charge >= 0.3 is 0 Å². The van der Waals surface area contributed by atoms with Gasteiger partial charge in [0.2, 0.25) is 5.91 Å². The highest BCUT2D eigenvalue weighted by molar-refractivity contribution is 5.94. The number of likely N-dealkylation sites (tertiary alicyclic amines) is 2. The van der Waals surface area contributed by atoms with Crippen LogP contribution in [0.2, 0.25) is 0 Å². The second kappa shape index (κ2) is 5.69. The van der Waals surface area contributed by atoms with Crippen molar-refractivity contribution in [3.63, 3.8) is 0 Å². The van der Waals surface area contributed by atoms with E-state index in [0.717, 1.165) is 45.3 Å². The van der Waals surface area contributed by atoms with Gasteiger partial charge in [-0.1, -0.05) is 0 Å². The SMILES string of the molecule is O=C(c1ccoc1)N1CCC[C@H](C(=O)N2CCCC2)C1. The molecule has 20 heavy (non-hydrogen) atoms. The number of amides is 2. The summed E-state index contributed by atoms with van der Waals surface area (Å²) in [5, 5.41) is 0. The molecule has 0 bridgehead atoms. The van der Waals surface area contributed by atoms with Gasteiger partial charge in [-0.25, -0.2) is 0 Å². The zero-order valence-electron chi connectivity index (χ0n) is 11.6. The van der Waals surface area contributed by atoms with Gasteiger partial charge in [0.05, 0.1) is 17.7 Å². The number of hydrogen-bond donors (Lipinski definition) is 0. The van der Waals surface area contributed by atoms with Crippen LogP contribution < -0.4 is 0 Å². The fraction of sp³-hybridized carbons (Fsp3) is 0.600. The first-order valence-corrected chi connectivity index (χ1v) is 7.36. The average molecular weight is 276 g/mol. The van der Waals surface area contributed by atoms with Gasteiger partial charge in [-0.2, -0.15) is 0 Å². The quantitative estimate of drug-likeness (QED) is 0.827. The minimum Gasteiger partial charge on any atom is -0.472 e. The van der Waals surface area contributed by atoms with Gasteiger partial charge in [0, 0.05) is 26.2 Å². The second-order valence-corrected chi connectivity index (χ2v) is 5.63.